The molecule has 0 fully saturated rings. The van der Waals surface area contributed by atoms with Crippen LogP contribution in [0.4, 0.5) is 5.69 Å². The molecule has 1 N–H and O–H groups in total. The highest BCUT2D eigenvalue weighted by molar-refractivity contribution is 6.04. The Labute approximate surface area is 207 Å². The molecule has 2 aliphatic heterocycles. The number of anilines is 1. The lowest BCUT2D eigenvalue weighted by Crippen LogP contribution is -2.35. The Morgan fingerprint density at radius 3 is 2.81 bits per heavy atom. The zero-order valence-electron chi connectivity index (χ0n) is 19.8. The number of hydrogen-bond acceptors (Lipinski definition) is 8. The molecule has 36 heavy (non-hydrogen) atoms. The van der Waals surface area contributed by atoms with Crippen LogP contribution in [-0.2, 0) is 6.42 Å². The number of likely N-dealkylation sites (N-methyl/N-ethyl adjacent to an activating group) is 1. The monoisotopic (exact) mass is 484 g/mol. The Kier molecular flexibility index (Phi) is 5.49. The van der Waals surface area contributed by atoms with Gasteiger partial charge in [-0.05, 0) is 65.9 Å². The summed E-state index contributed by atoms with van der Waals surface area (Å²) in [6.45, 7) is 0.956. The second-order valence-corrected chi connectivity index (χ2v) is 8.67. The number of hydrogen-bond donors (Lipinski definition) is 1. The van der Waals surface area contributed by atoms with Crippen LogP contribution >= 0.6 is 0 Å². The second-order valence-electron chi connectivity index (χ2n) is 8.67. The number of benzene rings is 3. The summed E-state index contributed by atoms with van der Waals surface area (Å²) in [4.78, 5) is 15.1. The maximum Gasteiger partial charge on any atom is 0.255 e. The number of rotatable bonds is 5. The van der Waals surface area contributed by atoms with E-state index >= 15 is 0 Å². The van der Waals surface area contributed by atoms with Gasteiger partial charge in [-0.1, -0.05) is 24.3 Å². The molecule has 0 aliphatic carbocycles. The lowest BCUT2D eigenvalue weighted by atomic mass is 9.90. The normalized spacial score (nSPS) is 16.4. The average Bonchev–Trinajstić information content (AvgIpc) is 3.58. The Morgan fingerprint density at radius 2 is 1.97 bits per heavy atom. The quantitative estimate of drug-likeness (QED) is 0.461. The first-order chi connectivity index (χ1) is 17.6. The van der Waals surface area contributed by atoms with Gasteiger partial charge in [0, 0.05) is 23.4 Å². The molecule has 182 valence electrons. The number of carbonyl (C=O) groups is 1. The van der Waals surface area contributed by atoms with E-state index in [1.54, 1.807) is 23.9 Å². The van der Waals surface area contributed by atoms with Crippen molar-refractivity contribution in [1.29, 1.82) is 0 Å². The van der Waals surface area contributed by atoms with Crippen LogP contribution in [-0.4, -0.2) is 58.5 Å². The molecule has 0 bridgehead atoms. The van der Waals surface area contributed by atoms with Crippen LogP contribution in [0.25, 0.3) is 5.69 Å². The van der Waals surface area contributed by atoms with Gasteiger partial charge in [0.05, 0.1) is 12.8 Å². The number of ether oxygens (including phenoxy) is 3. The number of methoxy groups -OCH3 is 1. The summed E-state index contributed by atoms with van der Waals surface area (Å²) in [5.74, 6) is 2.30. The molecule has 10 nitrogen and oxygen atoms in total. The van der Waals surface area contributed by atoms with E-state index in [2.05, 4.69) is 25.7 Å². The number of tetrazole rings is 1. The summed E-state index contributed by atoms with van der Waals surface area (Å²) in [6.07, 6.45) is 0.825. The third kappa shape index (κ3) is 3.72. The molecular weight excluding hydrogens is 460 g/mol. The van der Waals surface area contributed by atoms with E-state index in [1.165, 1.54) is 0 Å². The van der Waals surface area contributed by atoms with Gasteiger partial charge in [-0.15, -0.1) is 5.10 Å². The molecule has 0 radical (unpaired) electrons. The van der Waals surface area contributed by atoms with Gasteiger partial charge in [0.15, 0.2) is 17.3 Å². The molecule has 4 aromatic rings. The molecule has 1 atom stereocenters. The number of carbonyl (C=O) groups excluding carboxylic acids is 1. The van der Waals surface area contributed by atoms with Crippen LogP contribution in [0.3, 0.4) is 0 Å². The first-order valence-electron chi connectivity index (χ1n) is 11.6. The largest absolute Gasteiger partial charge is 0.492 e. The molecule has 0 spiro atoms. The maximum atomic E-state index is 12.9. The Balaban J connectivity index is 1.40. The molecule has 1 aromatic heterocycles. The number of nitrogens with one attached hydrogen (secondary N) is 1. The third-order valence-electron chi connectivity index (χ3n) is 6.52. The summed E-state index contributed by atoms with van der Waals surface area (Å²) in [6, 6.07) is 18.3. The molecule has 1 amide bonds. The molecule has 0 unspecified atom stereocenters. The minimum Gasteiger partial charge on any atom is -0.492 e. The van der Waals surface area contributed by atoms with E-state index in [0.717, 1.165) is 29.8 Å². The zero-order valence-corrected chi connectivity index (χ0v) is 19.8. The SMILES string of the molecule is COc1c2c(cc3c1[C@H](c1nnnn1-c1cccc(C(=O)Nc4ccccc4)c1)N(C)CC3)OCO2. The van der Waals surface area contributed by atoms with E-state index in [-0.39, 0.29) is 18.7 Å². The van der Waals surface area contributed by atoms with Gasteiger partial charge in [-0.25, -0.2) is 0 Å². The summed E-state index contributed by atoms with van der Waals surface area (Å²) in [5.41, 5.74) is 3.95. The van der Waals surface area contributed by atoms with Crippen molar-refractivity contribution in [1.82, 2.24) is 25.1 Å². The van der Waals surface area contributed by atoms with Gasteiger partial charge < -0.3 is 19.5 Å². The highest BCUT2D eigenvalue weighted by Crippen LogP contribution is 2.50. The van der Waals surface area contributed by atoms with Gasteiger partial charge in [0.25, 0.3) is 5.91 Å². The minimum absolute atomic E-state index is 0.157. The lowest BCUT2D eigenvalue weighted by Gasteiger charge is -2.34. The fourth-order valence-electron chi connectivity index (χ4n) is 4.81. The Bertz CT molecular complexity index is 1440. The smallest absolute Gasteiger partial charge is 0.255 e. The van der Waals surface area contributed by atoms with Crippen molar-refractivity contribution in [3.8, 4) is 22.9 Å². The number of fused-ring (bicyclic) bond motifs is 2. The molecular formula is C26H24N6O4. The number of para-hydroxylation sites is 1. The summed E-state index contributed by atoms with van der Waals surface area (Å²) >= 11 is 0. The van der Waals surface area contributed by atoms with Crippen LogP contribution < -0.4 is 19.5 Å². The standard InChI is InChI=1S/C26H24N6O4/c1-31-12-11-16-14-20-23(36-15-35-20)24(34-2)21(16)22(31)25-28-29-30-32(25)19-10-6-7-17(13-19)26(33)27-18-8-4-3-5-9-18/h3-10,13-14,22H,11-12,15H2,1-2H3,(H,27,33)/t22-/m1/s1. The molecule has 0 saturated carbocycles. The van der Waals surface area contributed by atoms with Gasteiger partial charge >= 0.3 is 0 Å². The summed E-state index contributed by atoms with van der Waals surface area (Å²) in [7, 11) is 3.65. The van der Waals surface area contributed by atoms with Crippen molar-refractivity contribution in [2.75, 3.05) is 32.8 Å². The zero-order chi connectivity index (χ0) is 24.6. The first kappa shape index (κ1) is 22.1. The van der Waals surface area contributed by atoms with Crippen molar-refractivity contribution in [2.45, 2.75) is 12.5 Å². The highest BCUT2D eigenvalue weighted by Gasteiger charge is 2.37. The van der Waals surface area contributed by atoms with Crippen LogP contribution in [0.1, 0.15) is 33.4 Å². The van der Waals surface area contributed by atoms with Gasteiger partial charge in [-0.3, -0.25) is 9.69 Å². The van der Waals surface area contributed by atoms with E-state index in [0.29, 0.717) is 34.3 Å². The van der Waals surface area contributed by atoms with Crippen molar-refractivity contribution in [3.63, 3.8) is 0 Å². The molecule has 6 rings (SSSR count). The molecule has 2 aliphatic rings. The van der Waals surface area contributed by atoms with Crippen LogP contribution in [0.5, 0.6) is 17.2 Å². The first-order valence-corrected chi connectivity index (χ1v) is 11.6. The second kappa shape index (κ2) is 8.97. The fourth-order valence-corrected chi connectivity index (χ4v) is 4.81. The van der Waals surface area contributed by atoms with Crippen LogP contribution in [0.15, 0.2) is 60.7 Å². The summed E-state index contributed by atoms with van der Waals surface area (Å²) in [5, 5.41) is 15.6. The van der Waals surface area contributed by atoms with E-state index < -0.39 is 0 Å². The molecule has 3 aromatic carbocycles. The number of amides is 1. The van der Waals surface area contributed by atoms with Gasteiger partial charge in [0.2, 0.25) is 12.5 Å². The van der Waals surface area contributed by atoms with Crippen molar-refractivity contribution >= 4 is 11.6 Å². The van der Waals surface area contributed by atoms with E-state index in [9.17, 15) is 4.79 Å². The Morgan fingerprint density at radius 1 is 1.11 bits per heavy atom. The predicted molar refractivity (Wildman–Crippen MR) is 131 cm³/mol. The van der Waals surface area contributed by atoms with E-state index in [4.69, 9.17) is 14.2 Å². The molecule has 0 saturated heterocycles. The topological polar surface area (TPSA) is 104 Å². The summed E-state index contributed by atoms with van der Waals surface area (Å²) < 4.78 is 18.8. The average molecular weight is 485 g/mol. The van der Waals surface area contributed by atoms with Crippen LogP contribution in [0.2, 0.25) is 0 Å². The highest BCUT2D eigenvalue weighted by atomic mass is 16.7. The third-order valence-corrected chi connectivity index (χ3v) is 6.52. The molecule has 10 heteroatoms. The number of nitrogens with zero attached hydrogens (tertiary/aromatic N) is 5. The maximum absolute atomic E-state index is 12.9. The minimum atomic E-state index is -0.296. The lowest BCUT2D eigenvalue weighted by molar-refractivity contribution is 0.102. The van der Waals surface area contributed by atoms with Gasteiger partial charge in [0.1, 0.15) is 6.04 Å². The molecule has 3 heterocycles. The van der Waals surface area contributed by atoms with Crippen molar-refractivity contribution < 1.29 is 19.0 Å². The van der Waals surface area contributed by atoms with Gasteiger partial charge in [-0.2, -0.15) is 4.68 Å². The fraction of sp³-hybridized carbons (Fsp3) is 0.231. The number of aromatic nitrogens is 4. The van der Waals surface area contributed by atoms with Crippen molar-refractivity contribution in [2.24, 2.45) is 0 Å². The van der Waals surface area contributed by atoms with Crippen LogP contribution in [0, 0.1) is 0 Å². The van der Waals surface area contributed by atoms with Crippen molar-refractivity contribution in [3.05, 3.63) is 83.2 Å². The predicted octanol–water partition coefficient (Wildman–Crippen LogP) is 3.23. The Hall–Kier alpha value is -4.44. The van der Waals surface area contributed by atoms with E-state index in [1.807, 2.05) is 55.6 Å².